The lowest BCUT2D eigenvalue weighted by Crippen LogP contribution is -2.25. The average Bonchev–Trinajstić information content (AvgIpc) is 2.75. The number of carbonyl (C=O) groups excluding carboxylic acids is 2. The predicted octanol–water partition coefficient (Wildman–Crippen LogP) is 4.96. The zero-order valence-electron chi connectivity index (χ0n) is 20.1. The summed E-state index contributed by atoms with van der Waals surface area (Å²) < 4.78 is 15.9. The number of allylic oxidation sites excluding steroid dienone is 2. The number of nitrogens with zero attached hydrogens (tertiary/aromatic N) is 2. The van der Waals surface area contributed by atoms with Gasteiger partial charge in [0.25, 0.3) is 0 Å². The predicted molar refractivity (Wildman–Crippen MR) is 122 cm³/mol. The Labute approximate surface area is 191 Å². The smallest absolute Gasteiger partial charge is 0.228 e. The summed E-state index contributed by atoms with van der Waals surface area (Å²) in [6.45, 7) is 6.18. The van der Waals surface area contributed by atoms with Crippen LogP contribution in [0.25, 0.3) is 0 Å². The molecular formula is C25H36N2O5. The van der Waals surface area contributed by atoms with Gasteiger partial charge in [-0.2, -0.15) is 4.98 Å². The van der Waals surface area contributed by atoms with Crippen LogP contribution >= 0.6 is 0 Å². The van der Waals surface area contributed by atoms with Crippen LogP contribution in [0.2, 0.25) is 0 Å². The minimum atomic E-state index is -0.257. The van der Waals surface area contributed by atoms with E-state index in [1.807, 2.05) is 19.9 Å². The summed E-state index contributed by atoms with van der Waals surface area (Å²) in [6, 6.07) is 1.87. The molecule has 32 heavy (non-hydrogen) atoms. The Morgan fingerprint density at radius 3 is 1.91 bits per heavy atom. The van der Waals surface area contributed by atoms with Crippen molar-refractivity contribution >= 4 is 11.6 Å². The fourth-order valence-corrected chi connectivity index (χ4v) is 3.89. The molecule has 7 nitrogen and oxygen atoms in total. The number of aryl methyl sites for hydroxylation is 2. The van der Waals surface area contributed by atoms with E-state index in [1.165, 1.54) is 33.5 Å². The minimum absolute atomic E-state index is 0.00594. The number of methoxy groups -OCH3 is 2. The zero-order valence-corrected chi connectivity index (χ0v) is 20.1. The molecule has 0 N–H and O–H groups in total. The van der Waals surface area contributed by atoms with E-state index in [9.17, 15) is 9.59 Å². The number of Topliss-reactive ketones (excluding diaryl/α,β-unsaturated/α-hetero) is 2. The third-order valence-corrected chi connectivity index (χ3v) is 5.61. The first-order chi connectivity index (χ1) is 15.4. The molecule has 0 atom stereocenters. The number of hydrogen-bond donors (Lipinski definition) is 0. The van der Waals surface area contributed by atoms with Crippen LogP contribution in [0.15, 0.2) is 28.7 Å². The van der Waals surface area contributed by atoms with Gasteiger partial charge in [0.15, 0.2) is 0 Å². The van der Waals surface area contributed by atoms with Crippen molar-refractivity contribution in [3.8, 4) is 5.88 Å². The van der Waals surface area contributed by atoms with Gasteiger partial charge in [0.2, 0.25) is 29.0 Å². The van der Waals surface area contributed by atoms with Crippen LogP contribution in [0.4, 0.5) is 0 Å². The van der Waals surface area contributed by atoms with E-state index in [0.717, 1.165) is 43.6 Å². The average molecular weight is 445 g/mol. The molecule has 0 aliphatic heterocycles. The quantitative estimate of drug-likeness (QED) is 0.296. The summed E-state index contributed by atoms with van der Waals surface area (Å²) in [5, 5.41) is 0. The van der Waals surface area contributed by atoms with Crippen molar-refractivity contribution in [2.24, 2.45) is 0 Å². The molecule has 1 heterocycles. The lowest BCUT2D eigenvalue weighted by molar-refractivity contribution is -0.121. The molecule has 1 aliphatic carbocycles. The summed E-state index contributed by atoms with van der Waals surface area (Å²) in [5.74, 6) is 0.939. The summed E-state index contributed by atoms with van der Waals surface area (Å²) in [7, 11) is 2.77. The molecule has 0 bridgehead atoms. The molecule has 176 valence electrons. The van der Waals surface area contributed by atoms with Gasteiger partial charge in [0, 0.05) is 22.9 Å². The van der Waals surface area contributed by atoms with Crippen LogP contribution in [-0.4, -0.2) is 42.4 Å². The molecule has 1 aromatic heterocycles. The van der Waals surface area contributed by atoms with Crippen molar-refractivity contribution in [3.63, 3.8) is 0 Å². The second-order valence-corrected chi connectivity index (χ2v) is 8.15. The van der Waals surface area contributed by atoms with E-state index in [-0.39, 0.29) is 23.1 Å². The van der Waals surface area contributed by atoms with Crippen molar-refractivity contribution in [2.75, 3.05) is 20.8 Å². The lowest BCUT2D eigenvalue weighted by Gasteiger charge is -2.20. The van der Waals surface area contributed by atoms with Crippen LogP contribution in [0.1, 0.15) is 76.2 Å². The number of unbranched alkanes of at least 4 members (excludes halogenated alkanes) is 7. The van der Waals surface area contributed by atoms with Gasteiger partial charge in [-0.1, -0.05) is 38.5 Å². The molecule has 7 heteroatoms. The monoisotopic (exact) mass is 444 g/mol. The maximum atomic E-state index is 12.6. The van der Waals surface area contributed by atoms with E-state index in [2.05, 4.69) is 9.97 Å². The van der Waals surface area contributed by atoms with E-state index < -0.39 is 0 Å². The number of ether oxygens (including phenoxy) is 3. The fraction of sp³-hybridized carbons (Fsp3) is 0.600. The van der Waals surface area contributed by atoms with Gasteiger partial charge in [-0.15, -0.1) is 0 Å². The zero-order chi connectivity index (χ0) is 23.5. The first kappa shape index (κ1) is 25.6. The van der Waals surface area contributed by atoms with Crippen LogP contribution in [0, 0.1) is 13.8 Å². The van der Waals surface area contributed by atoms with Gasteiger partial charge in [0.1, 0.15) is 5.82 Å². The van der Waals surface area contributed by atoms with E-state index >= 15 is 0 Å². The Bertz CT molecular complexity index is 853. The summed E-state index contributed by atoms with van der Waals surface area (Å²) in [5.41, 5.74) is 1.96. The Hall–Kier alpha value is -2.70. The largest absolute Gasteiger partial charge is 0.489 e. The van der Waals surface area contributed by atoms with Crippen LogP contribution in [0.3, 0.4) is 0 Å². The third-order valence-electron chi connectivity index (χ3n) is 5.61. The first-order valence-electron chi connectivity index (χ1n) is 11.5. The van der Waals surface area contributed by atoms with Crippen molar-refractivity contribution in [2.45, 2.75) is 78.6 Å². The summed E-state index contributed by atoms with van der Waals surface area (Å²) in [4.78, 5) is 33.5. The van der Waals surface area contributed by atoms with Gasteiger partial charge in [-0.3, -0.25) is 9.59 Å². The molecule has 0 saturated carbocycles. The minimum Gasteiger partial charge on any atom is -0.489 e. The molecule has 0 spiro atoms. The van der Waals surface area contributed by atoms with Crippen molar-refractivity contribution < 1.29 is 23.8 Å². The number of carbonyl (C=O) groups is 2. The molecule has 1 aliphatic rings. The maximum Gasteiger partial charge on any atom is 0.228 e. The lowest BCUT2D eigenvalue weighted by atomic mass is 9.89. The van der Waals surface area contributed by atoms with E-state index in [4.69, 9.17) is 14.2 Å². The first-order valence-corrected chi connectivity index (χ1v) is 11.5. The maximum absolute atomic E-state index is 12.6. The Morgan fingerprint density at radius 2 is 1.31 bits per heavy atom. The Kier molecular flexibility index (Phi) is 10.4. The van der Waals surface area contributed by atoms with Crippen molar-refractivity contribution in [3.05, 3.63) is 40.2 Å². The standard InChI is InChI=1S/C25H36N2O5/c1-17-16-21(27-19(3)26-17)32-15-13-11-9-7-6-8-10-12-14-20-18(2)22(28)24(30-4)25(31-5)23(20)29/h16H,6-15H2,1-5H3. The Morgan fingerprint density at radius 1 is 0.750 bits per heavy atom. The second kappa shape index (κ2) is 13.0. The third kappa shape index (κ3) is 7.18. The molecule has 0 fully saturated rings. The van der Waals surface area contributed by atoms with Gasteiger partial charge < -0.3 is 14.2 Å². The van der Waals surface area contributed by atoms with Crippen LogP contribution in [-0.2, 0) is 19.1 Å². The molecule has 1 aromatic rings. The SMILES string of the molecule is COC1=C(OC)C(=O)C(CCCCCCCCCCOc2cc(C)nc(C)n2)=C(C)C1=O. The van der Waals surface area contributed by atoms with E-state index in [0.29, 0.717) is 30.1 Å². The fourth-order valence-electron chi connectivity index (χ4n) is 3.89. The summed E-state index contributed by atoms with van der Waals surface area (Å²) >= 11 is 0. The number of aromatic nitrogens is 2. The van der Waals surface area contributed by atoms with Gasteiger partial charge in [0.05, 0.1) is 20.8 Å². The number of rotatable bonds is 14. The number of hydrogen-bond acceptors (Lipinski definition) is 7. The molecule has 0 saturated heterocycles. The highest BCUT2D eigenvalue weighted by molar-refractivity contribution is 6.23. The van der Waals surface area contributed by atoms with Gasteiger partial charge in [-0.05, 0) is 40.0 Å². The van der Waals surface area contributed by atoms with Crippen molar-refractivity contribution in [1.82, 2.24) is 9.97 Å². The molecular weight excluding hydrogens is 408 g/mol. The highest BCUT2D eigenvalue weighted by atomic mass is 16.5. The normalized spacial score (nSPS) is 14.3. The second-order valence-electron chi connectivity index (χ2n) is 8.15. The molecule has 0 amide bonds. The summed E-state index contributed by atoms with van der Waals surface area (Å²) in [6.07, 6.45) is 9.36. The van der Waals surface area contributed by atoms with E-state index in [1.54, 1.807) is 6.92 Å². The topological polar surface area (TPSA) is 87.6 Å². The highest BCUT2D eigenvalue weighted by Gasteiger charge is 2.34. The van der Waals surface area contributed by atoms with Crippen LogP contribution < -0.4 is 4.74 Å². The van der Waals surface area contributed by atoms with Gasteiger partial charge >= 0.3 is 0 Å². The van der Waals surface area contributed by atoms with Crippen LogP contribution in [0.5, 0.6) is 5.88 Å². The Balaban J connectivity index is 1.56. The molecule has 2 rings (SSSR count). The van der Waals surface area contributed by atoms with Gasteiger partial charge in [-0.25, -0.2) is 4.98 Å². The van der Waals surface area contributed by atoms with Crippen molar-refractivity contribution in [1.29, 1.82) is 0 Å². The molecule has 0 unspecified atom stereocenters. The highest BCUT2D eigenvalue weighted by Crippen LogP contribution is 2.28. The molecule has 0 aromatic carbocycles. The molecule has 0 radical (unpaired) electrons. The number of ketones is 2.